The summed E-state index contributed by atoms with van der Waals surface area (Å²) in [4.78, 5) is 24.2. The number of esters is 2. The van der Waals surface area contributed by atoms with Gasteiger partial charge >= 0.3 is 11.9 Å². The van der Waals surface area contributed by atoms with E-state index >= 15 is 0 Å². The number of aliphatic hydroxyl groups is 1. The van der Waals surface area contributed by atoms with Crippen molar-refractivity contribution in [3.05, 3.63) is 72.9 Å². The second-order valence-electron chi connectivity index (χ2n) is 13.3. The van der Waals surface area contributed by atoms with E-state index in [-0.39, 0.29) is 25.6 Å². The molecule has 0 spiro atoms. The third kappa shape index (κ3) is 38.1. The number of unbranched alkanes of at least 4 members (excludes halogenated alkanes) is 16. The Morgan fingerprint density at radius 2 is 0.860 bits per heavy atom. The average molecular weight is 697 g/mol. The van der Waals surface area contributed by atoms with E-state index in [0.29, 0.717) is 12.8 Å². The van der Waals surface area contributed by atoms with Crippen LogP contribution in [-0.2, 0) is 19.1 Å². The molecule has 0 radical (unpaired) electrons. The molecule has 0 unspecified atom stereocenters. The molecule has 1 atom stereocenters. The molecule has 5 heteroatoms. The van der Waals surface area contributed by atoms with Crippen LogP contribution in [0.4, 0.5) is 0 Å². The van der Waals surface area contributed by atoms with Crippen LogP contribution >= 0.6 is 0 Å². The van der Waals surface area contributed by atoms with Crippen molar-refractivity contribution in [1.29, 1.82) is 0 Å². The van der Waals surface area contributed by atoms with E-state index in [1.165, 1.54) is 89.9 Å². The van der Waals surface area contributed by atoms with Gasteiger partial charge in [0.15, 0.2) is 6.10 Å². The lowest BCUT2D eigenvalue weighted by atomic mass is 10.0. The topological polar surface area (TPSA) is 72.8 Å². The molecule has 0 fully saturated rings. The van der Waals surface area contributed by atoms with Gasteiger partial charge in [-0.05, 0) is 51.4 Å². The van der Waals surface area contributed by atoms with Crippen molar-refractivity contribution in [2.45, 2.75) is 187 Å². The Bertz CT molecular complexity index is 926. The van der Waals surface area contributed by atoms with Crippen molar-refractivity contribution >= 4 is 11.9 Å². The zero-order chi connectivity index (χ0) is 36.4. The van der Waals surface area contributed by atoms with Gasteiger partial charge in [-0.15, -0.1) is 0 Å². The minimum absolute atomic E-state index is 0.0973. The molecule has 0 aliphatic heterocycles. The van der Waals surface area contributed by atoms with Gasteiger partial charge in [0.2, 0.25) is 0 Å². The largest absolute Gasteiger partial charge is 0.462 e. The number of allylic oxidation sites excluding steroid dienone is 12. The summed E-state index contributed by atoms with van der Waals surface area (Å²) in [6.07, 6.45) is 54.0. The maximum Gasteiger partial charge on any atom is 0.306 e. The first-order valence-electron chi connectivity index (χ1n) is 20.5. The van der Waals surface area contributed by atoms with Gasteiger partial charge in [0, 0.05) is 12.8 Å². The molecule has 0 bridgehead atoms. The minimum Gasteiger partial charge on any atom is -0.462 e. The second-order valence-corrected chi connectivity index (χ2v) is 13.3. The Balaban J connectivity index is 3.68. The lowest BCUT2D eigenvalue weighted by Crippen LogP contribution is -2.28. The number of carbonyl (C=O) groups is 2. The van der Waals surface area contributed by atoms with E-state index in [9.17, 15) is 14.7 Å². The Labute approximate surface area is 308 Å². The Kier molecular flexibility index (Phi) is 38.6. The molecule has 5 nitrogen and oxygen atoms in total. The van der Waals surface area contributed by atoms with Gasteiger partial charge in [-0.3, -0.25) is 9.59 Å². The molecule has 50 heavy (non-hydrogen) atoms. The van der Waals surface area contributed by atoms with Crippen molar-refractivity contribution in [3.8, 4) is 0 Å². The molecular weight excluding hydrogens is 620 g/mol. The third-order valence-corrected chi connectivity index (χ3v) is 8.53. The molecule has 0 aromatic rings. The van der Waals surface area contributed by atoms with Crippen LogP contribution in [0.1, 0.15) is 181 Å². The zero-order valence-electron chi connectivity index (χ0n) is 32.4. The molecule has 1 N–H and O–H groups in total. The van der Waals surface area contributed by atoms with Gasteiger partial charge in [-0.2, -0.15) is 0 Å². The maximum absolute atomic E-state index is 12.1. The highest BCUT2D eigenvalue weighted by atomic mass is 16.6. The van der Waals surface area contributed by atoms with Gasteiger partial charge < -0.3 is 14.6 Å². The normalized spacial score (nSPS) is 12.9. The molecule has 0 amide bonds. The summed E-state index contributed by atoms with van der Waals surface area (Å²) in [5.41, 5.74) is 0. The van der Waals surface area contributed by atoms with Crippen LogP contribution < -0.4 is 0 Å². The van der Waals surface area contributed by atoms with E-state index in [1.54, 1.807) is 0 Å². The van der Waals surface area contributed by atoms with Crippen LogP contribution in [0.5, 0.6) is 0 Å². The average Bonchev–Trinajstić information content (AvgIpc) is 3.12. The van der Waals surface area contributed by atoms with Gasteiger partial charge in [-0.25, -0.2) is 0 Å². The molecule has 0 saturated heterocycles. The summed E-state index contributed by atoms with van der Waals surface area (Å²) >= 11 is 0. The van der Waals surface area contributed by atoms with Crippen molar-refractivity contribution in [2.24, 2.45) is 0 Å². The van der Waals surface area contributed by atoms with Gasteiger partial charge in [0.25, 0.3) is 0 Å². The van der Waals surface area contributed by atoms with Crippen molar-refractivity contribution < 1.29 is 24.2 Å². The van der Waals surface area contributed by atoms with Crippen molar-refractivity contribution in [1.82, 2.24) is 0 Å². The molecule has 0 rings (SSSR count). The summed E-state index contributed by atoms with van der Waals surface area (Å²) in [5, 5.41) is 9.55. The predicted molar refractivity (Wildman–Crippen MR) is 214 cm³/mol. The lowest BCUT2D eigenvalue weighted by molar-refractivity contribution is -0.161. The SMILES string of the molecule is CC/C=C\C/C=C\C/C=C\C/C=C\C/C=C\C/C=C\CCC(=O)O[C@@H](CO)COC(=O)CCCCCCCCCCCCCCCCCCC. The van der Waals surface area contributed by atoms with E-state index in [1.807, 2.05) is 12.2 Å². The van der Waals surface area contributed by atoms with Crippen molar-refractivity contribution in [2.75, 3.05) is 13.2 Å². The molecule has 0 heterocycles. The molecule has 0 saturated carbocycles. The minimum atomic E-state index is -0.813. The zero-order valence-corrected chi connectivity index (χ0v) is 32.4. The molecule has 286 valence electrons. The van der Waals surface area contributed by atoms with Gasteiger partial charge in [0.1, 0.15) is 6.61 Å². The summed E-state index contributed by atoms with van der Waals surface area (Å²) in [6, 6.07) is 0. The summed E-state index contributed by atoms with van der Waals surface area (Å²) in [6.45, 7) is 3.96. The fourth-order valence-electron chi connectivity index (χ4n) is 5.46. The second kappa shape index (κ2) is 40.8. The standard InChI is InChI=1S/C45H76O5/c1-3-5-7-9-11-13-15-17-19-21-22-24-26-28-30-32-34-36-38-40-45(48)50-43(41-46)42-49-44(47)39-37-35-33-31-29-27-25-23-20-18-16-14-12-10-8-6-4-2/h5,7,11,13,17,19,22,24,28,30,34,36,43,46H,3-4,6,8-10,12,14-16,18,20-21,23,25-27,29,31-33,35,37-42H2,1-2H3/b7-5-,13-11-,19-17-,24-22-,30-28-,36-34-/t43-/m0/s1. The third-order valence-electron chi connectivity index (χ3n) is 8.53. The van der Waals surface area contributed by atoms with Crippen LogP contribution in [0.15, 0.2) is 72.9 Å². The molecule has 0 aromatic heterocycles. The fraction of sp³-hybridized carbons (Fsp3) is 0.689. The van der Waals surface area contributed by atoms with Crippen LogP contribution in [0.2, 0.25) is 0 Å². The number of hydrogen-bond acceptors (Lipinski definition) is 5. The van der Waals surface area contributed by atoms with Gasteiger partial charge in [0.05, 0.1) is 6.61 Å². The molecule has 0 aromatic carbocycles. The van der Waals surface area contributed by atoms with Crippen LogP contribution in [0.25, 0.3) is 0 Å². The Morgan fingerprint density at radius 1 is 0.480 bits per heavy atom. The first-order valence-corrected chi connectivity index (χ1v) is 20.5. The predicted octanol–water partition coefficient (Wildman–Crippen LogP) is 13.0. The number of aliphatic hydroxyl groups excluding tert-OH is 1. The van der Waals surface area contributed by atoms with E-state index < -0.39 is 12.1 Å². The Hall–Kier alpha value is -2.66. The quantitative estimate of drug-likeness (QED) is 0.0401. The maximum atomic E-state index is 12.1. The van der Waals surface area contributed by atoms with E-state index in [0.717, 1.165) is 57.8 Å². The monoisotopic (exact) mass is 697 g/mol. The molecule has 0 aliphatic rings. The molecular formula is C45H76O5. The van der Waals surface area contributed by atoms with Crippen LogP contribution in [0, 0.1) is 0 Å². The number of carbonyl (C=O) groups excluding carboxylic acids is 2. The van der Waals surface area contributed by atoms with Gasteiger partial charge in [-0.1, -0.05) is 189 Å². The lowest BCUT2D eigenvalue weighted by Gasteiger charge is -2.15. The smallest absolute Gasteiger partial charge is 0.306 e. The summed E-state index contributed by atoms with van der Waals surface area (Å²) < 4.78 is 10.6. The first kappa shape index (κ1) is 47.3. The fourth-order valence-corrected chi connectivity index (χ4v) is 5.46. The van der Waals surface area contributed by atoms with Crippen molar-refractivity contribution in [3.63, 3.8) is 0 Å². The number of hydrogen-bond donors (Lipinski definition) is 1. The number of ether oxygens (including phenoxy) is 2. The van der Waals surface area contributed by atoms with E-state index in [4.69, 9.17) is 9.47 Å². The highest BCUT2D eigenvalue weighted by Crippen LogP contribution is 2.14. The first-order chi connectivity index (χ1) is 24.6. The summed E-state index contributed by atoms with van der Waals surface area (Å²) in [7, 11) is 0. The Morgan fingerprint density at radius 3 is 1.26 bits per heavy atom. The van der Waals surface area contributed by atoms with E-state index in [2.05, 4.69) is 74.6 Å². The highest BCUT2D eigenvalue weighted by Gasteiger charge is 2.15. The highest BCUT2D eigenvalue weighted by molar-refractivity contribution is 5.70. The van der Waals surface area contributed by atoms with Crippen LogP contribution in [0.3, 0.4) is 0 Å². The summed E-state index contributed by atoms with van der Waals surface area (Å²) in [5.74, 6) is -0.689. The number of rotatable bonds is 36. The van der Waals surface area contributed by atoms with Crippen LogP contribution in [-0.4, -0.2) is 36.4 Å². The molecule has 0 aliphatic carbocycles.